The Labute approximate surface area is 168 Å². The van der Waals surface area contributed by atoms with Crippen LogP contribution >= 0.6 is 0 Å². The number of aromatic nitrogens is 1. The van der Waals surface area contributed by atoms with Gasteiger partial charge in [-0.1, -0.05) is 18.2 Å². The molecule has 2 saturated heterocycles. The van der Waals surface area contributed by atoms with Crippen LogP contribution in [0.1, 0.15) is 30.4 Å². The van der Waals surface area contributed by atoms with Crippen LogP contribution in [0.2, 0.25) is 0 Å². The van der Waals surface area contributed by atoms with Crippen LogP contribution in [0.15, 0.2) is 42.6 Å². The van der Waals surface area contributed by atoms with Crippen molar-refractivity contribution in [2.75, 3.05) is 49.1 Å². The van der Waals surface area contributed by atoms with Gasteiger partial charge in [0.05, 0.1) is 0 Å². The molecule has 0 aliphatic carbocycles. The van der Waals surface area contributed by atoms with Crippen molar-refractivity contribution in [2.24, 2.45) is 0 Å². The molecular weight excluding hydrogens is 348 g/mol. The summed E-state index contributed by atoms with van der Waals surface area (Å²) in [6, 6.07) is 12.7. The van der Waals surface area contributed by atoms with Gasteiger partial charge in [0.2, 0.25) is 5.91 Å². The van der Waals surface area contributed by atoms with Crippen LogP contribution < -0.4 is 9.80 Å². The lowest BCUT2D eigenvalue weighted by atomic mass is 10.1. The Kier molecular flexibility index (Phi) is 5.79. The number of rotatable bonds is 5. The monoisotopic (exact) mass is 378 g/mol. The molecule has 5 heteroatoms. The second kappa shape index (κ2) is 8.63. The molecule has 1 amide bonds. The van der Waals surface area contributed by atoms with Gasteiger partial charge in [-0.05, 0) is 55.5 Å². The number of hydrogen-bond acceptors (Lipinski definition) is 4. The van der Waals surface area contributed by atoms with E-state index in [0.29, 0.717) is 6.42 Å². The number of benzene rings is 1. The summed E-state index contributed by atoms with van der Waals surface area (Å²) in [6.45, 7) is 7.78. The van der Waals surface area contributed by atoms with E-state index in [1.165, 1.54) is 29.7 Å². The summed E-state index contributed by atoms with van der Waals surface area (Å²) in [7, 11) is 0. The van der Waals surface area contributed by atoms with Gasteiger partial charge in [0.15, 0.2) is 0 Å². The van der Waals surface area contributed by atoms with Crippen LogP contribution in [0.25, 0.3) is 0 Å². The molecule has 0 saturated carbocycles. The van der Waals surface area contributed by atoms with Crippen LogP contribution in [0.5, 0.6) is 0 Å². The molecule has 28 heavy (non-hydrogen) atoms. The predicted molar refractivity (Wildman–Crippen MR) is 114 cm³/mol. The number of hydrogen-bond donors (Lipinski definition) is 0. The van der Waals surface area contributed by atoms with Crippen molar-refractivity contribution < 1.29 is 4.79 Å². The summed E-state index contributed by atoms with van der Waals surface area (Å²) in [5, 5.41) is 0. The zero-order valence-corrected chi connectivity index (χ0v) is 16.8. The fraction of sp³-hybridized carbons (Fsp3) is 0.478. The lowest BCUT2D eigenvalue weighted by Gasteiger charge is -2.37. The molecule has 2 aliphatic heterocycles. The quantitative estimate of drug-likeness (QED) is 0.801. The molecule has 0 bridgehead atoms. The predicted octanol–water partition coefficient (Wildman–Crippen LogP) is 3.27. The van der Waals surface area contributed by atoms with Crippen molar-refractivity contribution in [3.63, 3.8) is 0 Å². The Morgan fingerprint density at radius 2 is 1.71 bits per heavy atom. The van der Waals surface area contributed by atoms with E-state index in [2.05, 4.69) is 52.0 Å². The molecule has 1 aromatic carbocycles. The molecule has 2 aliphatic rings. The lowest BCUT2D eigenvalue weighted by Crippen LogP contribution is -2.49. The summed E-state index contributed by atoms with van der Waals surface area (Å²) in [5.41, 5.74) is 3.80. The third kappa shape index (κ3) is 4.29. The highest BCUT2D eigenvalue weighted by Crippen LogP contribution is 2.22. The number of anilines is 2. The molecule has 0 spiro atoms. The van der Waals surface area contributed by atoms with Crippen LogP contribution in [0.4, 0.5) is 11.5 Å². The third-order valence-electron chi connectivity index (χ3n) is 5.96. The number of piperazine rings is 1. The normalized spacial score (nSPS) is 17.2. The third-order valence-corrected chi connectivity index (χ3v) is 5.96. The fourth-order valence-corrected chi connectivity index (χ4v) is 4.26. The van der Waals surface area contributed by atoms with Crippen molar-refractivity contribution in [1.29, 1.82) is 0 Å². The highest BCUT2D eigenvalue weighted by Gasteiger charge is 2.22. The van der Waals surface area contributed by atoms with E-state index in [1.54, 1.807) is 0 Å². The minimum Gasteiger partial charge on any atom is -0.368 e. The van der Waals surface area contributed by atoms with Crippen LogP contribution in [-0.2, 0) is 11.2 Å². The fourth-order valence-electron chi connectivity index (χ4n) is 4.26. The SMILES string of the molecule is Cc1ccccc1N1CCN(C(=O)CCc2ccnc(N3CCCC3)c2)CC1. The van der Waals surface area contributed by atoms with Crippen molar-refractivity contribution in [1.82, 2.24) is 9.88 Å². The second-order valence-corrected chi connectivity index (χ2v) is 7.87. The molecule has 0 atom stereocenters. The number of pyridine rings is 1. The zero-order chi connectivity index (χ0) is 19.3. The van der Waals surface area contributed by atoms with E-state index in [1.807, 2.05) is 17.2 Å². The standard InChI is InChI=1S/C23H30N4O/c1-19-6-2-3-7-21(19)25-14-16-27(17-15-25)23(28)9-8-20-10-11-24-22(18-20)26-12-4-5-13-26/h2-3,6-7,10-11,18H,4-5,8-9,12-17H2,1H3. The summed E-state index contributed by atoms with van der Waals surface area (Å²) >= 11 is 0. The van der Waals surface area contributed by atoms with Gasteiger partial charge < -0.3 is 14.7 Å². The van der Waals surface area contributed by atoms with Crippen molar-refractivity contribution in [3.05, 3.63) is 53.7 Å². The molecule has 0 radical (unpaired) electrons. The average molecular weight is 379 g/mol. The second-order valence-electron chi connectivity index (χ2n) is 7.87. The van der Waals surface area contributed by atoms with Crippen molar-refractivity contribution >= 4 is 17.4 Å². The topological polar surface area (TPSA) is 39.7 Å². The Balaban J connectivity index is 1.28. The van der Waals surface area contributed by atoms with E-state index in [-0.39, 0.29) is 5.91 Å². The van der Waals surface area contributed by atoms with E-state index < -0.39 is 0 Å². The Morgan fingerprint density at radius 3 is 2.46 bits per heavy atom. The van der Waals surface area contributed by atoms with Gasteiger partial charge in [-0.3, -0.25) is 4.79 Å². The van der Waals surface area contributed by atoms with Gasteiger partial charge in [0, 0.05) is 57.6 Å². The number of carbonyl (C=O) groups is 1. The molecule has 4 rings (SSSR count). The first kappa shape index (κ1) is 18.8. The van der Waals surface area contributed by atoms with Gasteiger partial charge in [0.25, 0.3) is 0 Å². The van der Waals surface area contributed by atoms with Gasteiger partial charge in [-0.2, -0.15) is 0 Å². The molecule has 1 aromatic heterocycles. The van der Waals surface area contributed by atoms with E-state index in [4.69, 9.17) is 0 Å². The van der Waals surface area contributed by atoms with Gasteiger partial charge >= 0.3 is 0 Å². The minimum absolute atomic E-state index is 0.268. The van der Waals surface area contributed by atoms with E-state index in [0.717, 1.165) is 51.5 Å². The van der Waals surface area contributed by atoms with E-state index >= 15 is 0 Å². The number of aryl methyl sites for hydroxylation is 2. The molecule has 0 N–H and O–H groups in total. The van der Waals surface area contributed by atoms with Gasteiger partial charge in [0.1, 0.15) is 5.82 Å². The molecule has 2 fully saturated rings. The first-order valence-electron chi connectivity index (χ1n) is 10.5. The molecule has 0 unspecified atom stereocenters. The maximum Gasteiger partial charge on any atom is 0.223 e. The highest BCUT2D eigenvalue weighted by molar-refractivity contribution is 5.77. The summed E-state index contributed by atoms with van der Waals surface area (Å²) < 4.78 is 0. The average Bonchev–Trinajstić information content (AvgIpc) is 3.28. The smallest absolute Gasteiger partial charge is 0.223 e. The summed E-state index contributed by atoms with van der Waals surface area (Å²) in [6.07, 6.45) is 5.75. The minimum atomic E-state index is 0.268. The molecular formula is C23H30N4O. The Morgan fingerprint density at radius 1 is 0.964 bits per heavy atom. The van der Waals surface area contributed by atoms with Crippen LogP contribution in [-0.4, -0.2) is 55.1 Å². The Hall–Kier alpha value is -2.56. The first-order chi connectivity index (χ1) is 13.7. The summed E-state index contributed by atoms with van der Waals surface area (Å²) in [5.74, 6) is 1.33. The largest absolute Gasteiger partial charge is 0.368 e. The highest BCUT2D eigenvalue weighted by atomic mass is 16.2. The molecule has 148 valence electrons. The van der Waals surface area contributed by atoms with Gasteiger partial charge in [-0.25, -0.2) is 4.98 Å². The molecule has 2 aromatic rings. The van der Waals surface area contributed by atoms with Crippen molar-refractivity contribution in [3.8, 4) is 0 Å². The maximum absolute atomic E-state index is 12.7. The van der Waals surface area contributed by atoms with Crippen LogP contribution in [0.3, 0.4) is 0 Å². The number of para-hydroxylation sites is 1. The summed E-state index contributed by atoms with van der Waals surface area (Å²) in [4.78, 5) is 24.0. The molecule has 3 heterocycles. The van der Waals surface area contributed by atoms with E-state index in [9.17, 15) is 4.79 Å². The first-order valence-corrected chi connectivity index (χ1v) is 10.5. The Bertz CT molecular complexity index is 808. The molecule has 5 nitrogen and oxygen atoms in total. The number of nitrogens with zero attached hydrogens (tertiary/aromatic N) is 4. The number of carbonyl (C=O) groups excluding carboxylic acids is 1. The van der Waals surface area contributed by atoms with Crippen molar-refractivity contribution in [2.45, 2.75) is 32.6 Å². The maximum atomic E-state index is 12.7. The number of amides is 1. The van der Waals surface area contributed by atoms with Crippen LogP contribution in [0, 0.1) is 6.92 Å². The lowest BCUT2D eigenvalue weighted by molar-refractivity contribution is -0.131. The zero-order valence-electron chi connectivity index (χ0n) is 16.8. The van der Waals surface area contributed by atoms with Gasteiger partial charge in [-0.15, -0.1) is 0 Å².